The standard InChI is InChI=1S/C65H109NO10/c1-4-7-10-13-16-19-22-25-26-27-28-29-30-31-32-35-38-41-44-47-50-53-60(70)76-63-62(72)61(71)59(54-67)75-65(63)74-55-56(57(68)51-48-45-42-39-36-33-23-20-17-14-11-8-5-2)66-64(73)58(69)52-49-46-43-40-37-34-24-21-18-15-12-9-6-3/h7,9-10,12,16,18-19,21,25-26,28-29,31-32,34,37,48,51,56-59,61-63,65,67-69,71-72H,4-6,8,11,13-15,17,20,22-24,27,30,33,35-36,38-47,49-50,52-55H2,1-3H3,(H,66,73)/b10-7-,12-9+,19-16-,21-18+,26-25-,29-28-,32-31-,37-34+,51-48+. The molecule has 76 heavy (non-hydrogen) atoms. The van der Waals surface area contributed by atoms with Crippen LogP contribution in [0.15, 0.2) is 109 Å². The maximum Gasteiger partial charge on any atom is 0.306 e. The Morgan fingerprint density at radius 3 is 1.42 bits per heavy atom. The van der Waals surface area contributed by atoms with Crippen LogP contribution in [0.3, 0.4) is 0 Å². The summed E-state index contributed by atoms with van der Waals surface area (Å²) in [5.41, 5.74) is 0. The van der Waals surface area contributed by atoms with E-state index in [4.69, 9.17) is 14.2 Å². The molecule has 8 unspecified atom stereocenters. The third kappa shape index (κ3) is 39.6. The number of aliphatic hydroxyl groups is 5. The van der Waals surface area contributed by atoms with Crippen molar-refractivity contribution in [1.82, 2.24) is 5.32 Å². The van der Waals surface area contributed by atoms with E-state index in [0.29, 0.717) is 12.8 Å². The number of amides is 1. The van der Waals surface area contributed by atoms with Crippen LogP contribution >= 0.6 is 0 Å². The molecular formula is C65H109NO10. The van der Waals surface area contributed by atoms with Gasteiger partial charge in [-0.15, -0.1) is 0 Å². The summed E-state index contributed by atoms with van der Waals surface area (Å²) in [5, 5.41) is 56.9. The molecule has 6 N–H and O–H groups in total. The van der Waals surface area contributed by atoms with Crippen LogP contribution in [-0.4, -0.2) is 99.6 Å². The topological polar surface area (TPSA) is 175 Å². The molecule has 1 fully saturated rings. The van der Waals surface area contributed by atoms with E-state index in [1.807, 2.05) is 6.08 Å². The predicted octanol–water partition coefficient (Wildman–Crippen LogP) is 14.1. The molecule has 1 amide bonds. The summed E-state index contributed by atoms with van der Waals surface area (Å²) in [6.45, 7) is 5.52. The van der Waals surface area contributed by atoms with Gasteiger partial charge in [-0.1, -0.05) is 226 Å². The fourth-order valence-electron chi connectivity index (χ4n) is 8.69. The number of unbranched alkanes of at least 4 members (excludes halogenated alkanes) is 19. The van der Waals surface area contributed by atoms with Crippen molar-refractivity contribution in [3.63, 3.8) is 0 Å². The number of rotatable bonds is 49. The molecule has 0 saturated carbocycles. The number of aliphatic hydroxyl groups excluding tert-OH is 5. The van der Waals surface area contributed by atoms with E-state index in [9.17, 15) is 35.1 Å². The van der Waals surface area contributed by atoms with E-state index in [1.165, 1.54) is 51.4 Å². The quantitative estimate of drug-likeness (QED) is 0.0195. The number of carbonyl (C=O) groups is 2. The lowest BCUT2D eigenvalue weighted by Crippen LogP contribution is -2.61. The van der Waals surface area contributed by atoms with E-state index in [-0.39, 0.29) is 19.4 Å². The average molecular weight is 1060 g/mol. The zero-order chi connectivity index (χ0) is 55.4. The highest BCUT2D eigenvalue weighted by atomic mass is 16.7. The van der Waals surface area contributed by atoms with Gasteiger partial charge in [0.25, 0.3) is 0 Å². The number of allylic oxidation sites excluding steroid dienone is 17. The minimum atomic E-state index is -1.63. The lowest BCUT2D eigenvalue weighted by Gasteiger charge is -2.41. The van der Waals surface area contributed by atoms with Gasteiger partial charge >= 0.3 is 5.97 Å². The molecule has 0 spiro atoms. The molecule has 1 saturated heterocycles. The molecule has 0 radical (unpaired) electrons. The molecule has 0 aromatic rings. The third-order valence-corrected chi connectivity index (χ3v) is 13.4. The summed E-state index contributed by atoms with van der Waals surface area (Å²) in [5.74, 6) is -1.25. The number of esters is 1. The number of ether oxygens (including phenoxy) is 3. The molecule has 1 rings (SSSR count). The van der Waals surface area contributed by atoms with Gasteiger partial charge in [0.1, 0.15) is 24.4 Å². The van der Waals surface area contributed by atoms with Gasteiger partial charge < -0.3 is 45.1 Å². The van der Waals surface area contributed by atoms with Crippen LogP contribution < -0.4 is 5.32 Å². The van der Waals surface area contributed by atoms with Crippen molar-refractivity contribution in [3.05, 3.63) is 109 Å². The first-order chi connectivity index (χ1) is 37.2. The van der Waals surface area contributed by atoms with Crippen molar-refractivity contribution in [2.75, 3.05) is 13.2 Å². The number of hydrogen-bond acceptors (Lipinski definition) is 10. The smallest absolute Gasteiger partial charge is 0.306 e. The van der Waals surface area contributed by atoms with Crippen LogP contribution in [-0.2, 0) is 23.8 Å². The van der Waals surface area contributed by atoms with E-state index in [2.05, 4.69) is 123 Å². The van der Waals surface area contributed by atoms with Crippen molar-refractivity contribution in [2.24, 2.45) is 0 Å². The Hall–Kier alpha value is -3.68. The van der Waals surface area contributed by atoms with Crippen LogP contribution in [0.5, 0.6) is 0 Å². The van der Waals surface area contributed by atoms with Crippen molar-refractivity contribution in [1.29, 1.82) is 0 Å². The van der Waals surface area contributed by atoms with E-state index in [1.54, 1.807) is 6.08 Å². The Morgan fingerprint density at radius 1 is 0.526 bits per heavy atom. The van der Waals surface area contributed by atoms with Gasteiger partial charge in [0.05, 0.1) is 25.4 Å². The maximum absolute atomic E-state index is 13.4. The van der Waals surface area contributed by atoms with Gasteiger partial charge in [-0.25, -0.2) is 0 Å². The van der Waals surface area contributed by atoms with Crippen molar-refractivity contribution >= 4 is 11.9 Å². The second-order valence-corrected chi connectivity index (χ2v) is 20.3. The van der Waals surface area contributed by atoms with Crippen LogP contribution in [0.2, 0.25) is 0 Å². The second kappa shape index (κ2) is 52.0. The SMILES string of the molecule is CC/C=C\C/C=C\C/C=C\C/C=C\C/C=C\CCCCCCCC(=O)OC1C(OCC(NC(=O)C(O)CCCCC/C=C/C/C=C/C/C=C/CC)C(O)/C=C/CCCCCCCCCCCCC)OC(CO)C(O)C1O. The van der Waals surface area contributed by atoms with Crippen molar-refractivity contribution in [2.45, 2.75) is 275 Å². The Balaban J connectivity index is 2.72. The zero-order valence-corrected chi connectivity index (χ0v) is 47.8. The highest BCUT2D eigenvalue weighted by molar-refractivity contribution is 5.80. The monoisotopic (exact) mass is 1060 g/mol. The van der Waals surface area contributed by atoms with Crippen molar-refractivity contribution in [3.8, 4) is 0 Å². The van der Waals surface area contributed by atoms with Crippen molar-refractivity contribution < 1.29 is 49.3 Å². The Kier molecular flexibility index (Phi) is 48.2. The van der Waals surface area contributed by atoms with Gasteiger partial charge in [0.15, 0.2) is 12.4 Å². The Bertz CT molecular complexity index is 1650. The number of carbonyl (C=O) groups excluding carboxylic acids is 2. The van der Waals surface area contributed by atoms with Gasteiger partial charge in [0, 0.05) is 6.42 Å². The predicted molar refractivity (Wildman–Crippen MR) is 315 cm³/mol. The number of hydrogen-bond donors (Lipinski definition) is 6. The zero-order valence-electron chi connectivity index (χ0n) is 47.8. The molecule has 1 aliphatic rings. The van der Waals surface area contributed by atoms with Gasteiger partial charge in [-0.3, -0.25) is 9.59 Å². The average Bonchev–Trinajstić information content (AvgIpc) is 3.42. The summed E-state index contributed by atoms with van der Waals surface area (Å²) < 4.78 is 17.6. The summed E-state index contributed by atoms with van der Waals surface area (Å²) in [7, 11) is 0. The molecule has 1 aliphatic heterocycles. The molecule has 1 heterocycles. The fraction of sp³-hybridized carbons (Fsp3) is 0.692. The van der Waals surface area contributed by atoms with Gasteiger partial charge in [-0.2, -0.15) is 0 Å². The first-order valence-electron chi connectivity index (χ1n) is 30.2. The largest absolute Gasteiger partial charge is 0.454 e. The Labute approximate surface area is 462 Å². The molecule has 434 valence electrons. The minimum Gasteiger partial charge on any atom is -0.454 e. The lowest BCUT2D eigenvalue weighted by atomic mass is 9.99. The maximum atomic E-state index is 13.4. The van der Waals surface area contributed by atoms with E-state index < -0.39 is 67.4 Å². The third-order valence-electron chi connectivity index (χ3n) is 13.4. The van der Waals surface area contributed by atoms with Gasteiger partial charge in [0.2, 0.25) is 5.91 Å². The van der Waals surface area contributed by atoms with E-state index >= 15 is 0 Å². The molecule has 0 bridgehead atoms. The summed E-state index contributed by atoms with van der Waals surface area (Å²) >= 11 is 0. The molecule has 0 aromatic carbocycles. The lowest BCUT2D eigenvalue weighted by molar-refractivity contribution is -0.305. The molecule has 8 atom stereocenters. The molecule has 11 heteroatoms. The first-order valence-corrected chi connectivity index (χ1v) is 30.2. The number of nitrogens with one attached hydrogen (secondary N) is 1. The molecule has 0 aromatic heterocycles. The first kappa shape index (κ1) is 70.3. The second-order valence-electron chi connectivity index (χ2n) is 20.3. The minimum absolute atomic E-state index is 0.0924. The summed E-state index contributed by atoms with van der Waals surface area (Å²) in [4.78, 5) is 26.5. The fourth-order valence-corrected chi connectivity index (χ4v) is 8.69. The molecule has 11 nitrogen and oxygen atoms in total. The van der Waals surface area contributed by atoms with E-state index in [0.717, 1.165) is 128 Å². The summed E-state index contributed by atoms with van der Waals surface area (Å²) in [6, 6.07) is -1.05. The van der Waals surface area contributed by atoms with Crippen LogP contribution in [0.25, 0.3) is 0 Å². The van der Waals surface area contributed by atoms with Crippen LogP contribution in [0, 0.1) is 0 Å². The van der Waals surface area contributed by atoms with Crippen LogP contribution in [0.1, 0.15) is 226 Å². The van der Waals surface area contributed by atoms with Gasteiger partial charge in [-0.05, 0) is 103 Å². The molecule has 0 aliphatic carbocycles. The normalized spacial score (nSPS) is 19.9. The summed E-state index contributed by atoms with van der Waals surface area (Å²) in [6.07, 6.45) is 59.8. The highest BCUT2D eigenvalue weighted by Crippen LogP contribution is 2.26. The van der Waals surface area contributed by atoms with Crippen LogP contribution in [0.4, 0.5) is 0 Å². The Morgan fingerprint density at radius 2 is 0.947 bits per heavy atom. The molecular weight excluding hydrogens is 955 g/mol. The highest BCUT2D eigenvalue weighted by Gasteiger charge is 2.47.